The van der Waals surface area contributed by atoms with Crippen molar-refractivity contribution in [2.45, 2.75) is 0 Å². The first-order chi connectivity index (χ1) is 15.1. The van der Waals surface area contributed by atoms with E-state index in [0.717, 1.165) is 11.0 Å². The number of para-hydroxylation sites is 2. The number of pyridine rings is 2. The lowest BCUT2D eigenvalue weighted by molar-refractivity contribution is 0.104. The monoisotopic (exact) mass is 426 g/mol. The van der Waals surface area contributed by atoms with Crippen molar-refractivity contribution in [2.24, 2.45) is 0 Å². The average molecular weight is 427 g/mol. The number of carbonyl (C=O) groups is 1. The van der Waals surface area contributed by atoms with E-state index in [0.29, 0.717) is 32.9 Å². The largest absolute Gasteiger partial charge is 0.338 e. The molecule has 0 aliphatic heterocycles. The number of H-pyrrole nitrogens is 2. The number of ketones is 1. The Hall–Kier alpha value is -4.03. The number of nitrogens with zero attached hydrogens (tertiary/aromatic N) is 2. The van der Waals surface area contributed by atoms with Gasteiger partial charge >= 0.3 is 0 Å². The van der Waals surface area contributed by atoms with Gasteiger partial charge in [0.05, 0.1) is 16.6 Å². The highest BCUT2D eigenvalue weighted by Gasteiger charge is 2.19. The molecule has 0 radical (unpaired) electrons. The molecule has 0 amide bonds. The van der Waals surface area contributed by atoms with Crippen LogP contribution >= 0.6 is 11.6 Å². The van der Waals surface area contributed by atoms with Gasteiger partial charge < -0.3 is 9.97 Å². The van der Waals surface area contributed by atoms with Crippen molar-refractivity contribution in [1.82, 2.24) is 19.9 Å². The van der Waals surface area contributed by atoms with Gasteiger partial charge in [-0.3, -0.25) is 14.6 Å². The van der Waals surface area contributed by atoms with Gasteiger partial charge in [0, 0.05) is 39.4 Å². The van der Waals surface area contributed by atoms with Gasteiger partial charge in [-0.25, -0.2) is 4.98 Å². The fourth-order valence-corrected chi connectivity index (χ4v) is 3.77. The zero-order valence-corrected chi connectivity index (χ0v) is 16.9. The van der Waals surface area contributed by atoms with Gasteiger partial charge in [0.25, 0.3) is 5.56 Å². The lowest BCUT2D eigenvalue weighted by atomic mass is 9.95. The fourth-order valence-electron chi connectivity index (χ4n) is 3.60. The van der Waals surface area contributed by atoms with Crippen LogP contribution in [0.3, 0.4) is 0 Å². The first-order valence-corrected chi connectivity index (χ1v) is 9.91. The van der Waals surface area contributed by atoms with Crippen LogP contribution in [0.2, 0.25) is 5.02 Å². The number of nitrogens with one attached hydrogen (secondary N) is 2. The van der Waals surface area contributed by atoms with Crippen molar-refractivity contribution in [3.8, 4) is 11.1 Å². The first-order valence-electron chi connectivity index (χ1n) is 9.53. The number of imidazole rings is 1. The van der Waals surface area contributed by atoms with Crippen LogP contribution in [0.5, 0.6) is 0 Å². The van der Waals surface area contributed by atoms with E-state index < -0.39 is 11.3 Å². The van der Waals surface area contributed by atoms with Crippen molar-refractivity contribution in [1.29, 1.82) is 0 Å². The quantitative estimate of drug-likeness (QED) is 0.312. The van der Waals surface area contributed by atoms with E-state index in [9.17, 15) is 9.59 Å². The highest BCUT2D eigenvalue weighted by atomic mass is 35.5. The van der Waals surface area contributed by atoms with Crippen molar-refractivity contribution in [3.63, 3.8) is 0 Å². The van der Waals surface area contributed by atoms with Crippen LogP contribution in [0.1, 0.15) is 16.2 Å². The van der Waals surface area contributed by atoms with Gasteiger partial charge in [0.2, 0.25) is 0 Å². The summed E-state index contributed by atoms with van der Waals surface area (Å²) in [6.45, 7) is 0. The van der Waals surface area contributed by atoms with Crippen LogP contribution in [0.15, 0.2) is 77.9 Å². The maximum atomic E-state index is 13.2. The van der Waals surface area contributed by atoms with E-state index in [1.165, 1.54) is 6.08 Å². The number of aromatic amines is 2. The Morgan fingerprint density at radius 3 is 2.68 bits per heavy atom. The Morgan fingerprint density at radius 2 is 1.87 bits per heavy atom. The minimum atomic E-state index is -0.479. The van der Waals surface area contributed by atoms with Crippen LogP contribution in [0.4, 0.5) is 0 Å². The van der Waals surface area contributed by atoms with Gasteiger partial charge in [-0.05, 0) is 48.6 Å². The lowest BCUT2D eigenvalue weighted by Gasteiger charge is -2.11. The summed E-state index contributed by atoms with van der Waals surface area (Å²) in [4.78, 5) is 40.6. The maximum Gasteiger partial charge on any atom is 0.260 e. The molecule has 5 rings (SSSR count). The Bertz CT molecular complexity index is 1500. The summed E-state index contributed by atoms with van der Waals surface area (Å²) in [5.74, 6) is 0.0835. The molecular formula is C24H15ClN4O2. The highest BCUT2D eigenvalue weighted by molar-refractivity contribution is 6.31. The van der Waals surface area contributed by atoms with Crippen molar-refractivity contribution in [3.05, 3.63) is 99.8 Å². The number of halogens is 1. The molecule has 0 unspecified atom stereocenters. The predicted molar refractivity (Wildman–Crippen MR) is 122 cm³/mol. The SMILES string of the molecule is O=C(C=Cc1nc2ccccc2[nH]1)c1c(-c2cccnc2)c2cc(Cl)ccc2[nH]c1=O. The van der Waals surface area contributed by atoms with E-state index in [1.807, 2.05) is 30.3 Å². The summed E-state index contributed by atoms with van der Waals surface area (Å²) < 4.78 is 0. The Balaban J connectivity index is 1.67. The molecular weight excluding hydrogens is 412 g/mol. The number of rotatable bonds is 4. The second-order valence-electron chi connectivity index (χ2n) is 6.97. The molecule has 150 valence electrons. The third kappa shape index (κ3) is 3.53. The zero-order valence-electron chi connectivity index (χ0n) is 16.1. The molecule has 3 heterocycles. The van der Waals surface area contributed by atoms with Crippen LogP contribution in [0, 0.1) is 0 Å². The zero-order chi connectivity index (χ0) is 21.4. The molecule has 5 aromatic rings. The lowest BCUT2D eigenvalue weighted by Crippen LogP contribution is -2.18. The molecule has 0 saturated heterocycles. The van der Waals surface area contributed by atoms with Gasteiger partial charge in [0.1, 0.15) is 5.82 Å². The number of hydrogen-bond donors (Lipinski definition) is 2. The topological polar surface area (TPSA) is 91.5 Å². The van der Waals surface area contributed by atoms with Crippen molar-refractivity contribution in [2.75, 3.05) is 0 Å². The summed E-state index contributed by atoms with van der Waals surface area (Å²) in [7, 11) is 0. The van der Waals surface area contributed by atoms with Gasteiger partial charge in [-0.1, -0.05) is 29.8 Å². The molecule has 31 heavy (non-hydrogen) atoms. The molecule has 6 nitrogen and oxygen atoms in total. The second-order valence-corrected chi connectivity index (χ2v) is 7.41. The Kier molecular flexibility index (Phi) is 4.69. The summed E-state index contributed by atoms with van der Waals surface area (Å²) in [6.07, 6.45) is 6.17. The normalized spacial score (nSPS) is 11.5. The Morgan fingerprint density at radius 1 is 1.00 bits per heavy atom. The summed E-state index contributed by atoms with van der Waals surface area (Å²) in [5.41, 5.74) is 2.94. The summed E-state index contributed by atoms with van der Waals surface area (Å²) >= 11 is 6.21. The van der Waals surface area contributed by atoms with E-state index in [-0.39, 0.29) is 5.56 Å². The van der Waals surface area contributed by atoms with E-state index in [4.69, 9.17) is 11.6 Å². The number of carbonyl (C=O) groups excluding carboxylic acids is 1. The number of allylic oxidation sites excluding steroid dienone is 1. The Labute approximate surface area is 181 Å². The molecule has 0 aliphatic rings. The van der Waals surface area contributed by atoms with Crippen molar-refractivity contribution < 1.29 is 4.79 Å². The molecule has 0 bridgehead atoms. The minimum Gasteiger partial charge on any atom is -0.338 e. The first kappa shape index (κ1) is 19.0. The molecule has 0 aliphatic carbocycles. The van der Waals surface area contributed by atoms with Gasteiger partial charge in [-0.2, -0.15) is 0 Å². The molecule has 3 aromatic heterocycles. The maximum absolute atomic E-state index is 13.2. The molecule has 0 saturated carbocycles. The standard InChI is InChI=1S/C24H15ClN4O2/c25-15-7-8-17-16(12-15)22(14-4-3-11-26-13-14)23(24(31)29-17)20(30)9-10-21-27-18-5-1-2-6-19(18)28-21/h1-13H,(H,27,28)(H,29,31). The van der Waals surface area contributed by atoms with Gasteiger partial charge in [-0.15, -0.1) is 0 Å². The van der Waals surface area contributed by atoms with E-state index in [2.05, 4.69) is 19.9 Å². The highest BCUT2D eigenvalue weighted by Crippen LogP contribution is 2.31. The molecule has 2 N–H and O–H groups in total. The third-order valence-electron chi connectivity index (χ3n) is 4.97. The van der Waals surface area contributed by atoms with Crippen LogP contribution in [0.25, 0.3) is 39.1 Å². The number of hydrogen-bond acceptors (Lipinski definition) is 4. The van der Waals surface area contributed by atoms with Crippen LogP contribution < -0.4 is 5.56 Å². The molecule has 7 heteroatoms. The van der Waals surface area contributed by atoms with Gasteiger partial charge in [0.15, 0.2) is 5.78 Å². The minimum absolute atomic E-state index is 0.0233. The van der Waals surface area contributed by atoms with Crippen molar-refractivity contribution >= 4 is 45.4 Å². The fraction of sp³-hybridized carbons (Fsp3) is 0. The molecule has 0 spiro atoms. The second kappa shape index (κ2) is 7.66. The molecule has 0 fully saturated rings. The molecule has 0 atom stereocenters. The smallest absolute Gasteiger partial charge is 0.260 e. The van der Waals surface area contributed by atoms with E-state index in [1.54, 1.807) is 42.7 Å². The third-order valence-corrected chi connectivity index (χ3v) is 5.21. The number of benzene rings is 2. The average Bonchev–Trinajstić information content (AvgIpc) is 3.20. The van der Waals surface area contributed by atoms with Crippen LogP contribution in [-0.4, -0.2) is 25.7 Å². The van der Waals surface area contributed by atoms with Crippen LogP contribution in [-0.2, 0) is 0 Å². The summed E-state index contributed by atoms with van der Waals surface area (Å²) in [5, 5.41) is 1.17. The van der Waals surface area contributed by atoms with E-state index >= 15 is 0 Å². The number of aromatic nitrogens is 4. The molecule has 2 aromatic carbocycles. The number of fused-ring (bicyclic) bond motifs is 2. The summed E-state index contributed by atoms with van der Waals surface area (Å²) in [6, 6.07) is 16.3. The predicted octanol–water partition coefficient (Wildman–Crippen LogP) is 5.02.